The third kappa shape index (κ3) is 3.86. The first-order valence-electron chi connectivity index (χ1n) is 4.81. The Hall–Kier alpha value is -1.11. The van der Waals surface area contributed by atoms with Gasteiger partial charge in [-0.3, -0.25) is 4.90 Å². The number of nitriles is 1. The summed E-state index contributed by atoms with van der Waals surface area (Å²) in [6.07, 6.45) is 2.23. The second kappa shape index (κ2) is 5.69. The van der Waals surface area contributed by atoms with Crippen LogP contribution in [-0.4, -0.2) is 23.0 Å². The maximum atomic E-state index is 8.59. The van der Waals surface area contributed by atoms with E-state index in [4.69, 9.17) is 16.9 Å². The fraction of sp³-hybridized carbons (Fsp3) is 0.455. The zero-order valence-corrected chi connectivity index (χ0v) is 9.70. The molecule has 1 unspecified atom stereocenters. The number of pyridine rings is 1. The van der Waals surface area contributed by atoms with Gasteiger partial charge in [0.2, 0.25) is 0 Å². The predicted molar refractivity (Wildman–Crippen MR) is 60.4 cm³/mol. The first-order valence-corrected chi connectivity index (χ1v) is 5.19. The van der Waals surface area contributed by atoms with Crippen molar-refractivity contribution in [1.82, 2.24) is 9.88 Å². The Kier molecular flexibility index (Phi) is 4.54. The molecule has 0 aromatic carbocycles. The molecular weight excluding hydrogens is 210 g/mol. The van der Waals surface area contributed by atoms with Crippen molar-refractivity contribution in [2.24, 2.45) is 0 Å². The zero-order chi connectivity index (χ0) is 11.3. The molecule has 0 saturated heterocycles. The van der Waals surface area contributed by atoms with E-state index in [1.165, 1.54) is 0 Å². The van der Waals surface area contributed by atoms with Gasteiger partial charge in [0, 0.05) is 18.8 Å². The number of hydrogen-bond acceptors (Lipinski definition) is 3. The van der Waals surface area contributed by atoms with Crippen LogP contribution in [0, 0.1) is 11.3 Å². The van der Waals surface area contributed by atoms with Gasteiger partial charge in [0.1, 0.15) is 5.15 Å². The lowest BCUT2D eigenvalue weighted by Gasteiger charge is -2.22. The molecule has 15 heavy (non-hydrogen) atoms. The van der Waals surface area contributed by atoms with Crippen molar-refractivity contribution in [1.29, 1.82) is 5.26 Å². The summed E-state index contributed by atoms with van der Waals surface area (Å²) in [5.41, 5.74) is 1.11. The monoisotopic (exact) mass is 223 g/mol. The molecule has 0 N–H and O–H groups in total. The van der Waals surface area contributed by atoms with Gasteiger partial charge in [-0.1, -0.05) is 11.6 Å². The molecule has 1 atom stereocenters. The molecule has 0 amide bonds. The van der Waals surface area contributed by atoms with Crippen molar-refractivity contribution in [3.8, 4) is 6.07 Å². The third-order valence-electron chi connectivity index (χ3n) is 2.36. The molecule has 0 aliphatic carbocycles. The second-order valence-corrected chi connectivity index (χ2v) is 4.00. The predicted octanol–water partition coefficient (Wildman–Crippen LogP) is 2.47. The number of aromatic nitrogens is 1. The van der Waals surface area contributed by atoms with Gasteiger partial charge in [0.25, 0.3) is 0 Å². The van der Waals surface area contributed by atoms with Crippen LogP contribution in [0.5, 0.6) is 0 Å². The largest absolute Gasteiger partial charge is 0.298 e. The Morgan fingerprint density at radius 3 is 3.00 bits per heavy atom. The molecule has 0 spiro atoms. The van der Waals surface area contributed by atoms with Crippen LogP contribution in [0.1, 0.15) is 18.9 Å². The summed E-state index contributed by atoms with van der Waals surface area (Å²) < 4.78 is 0. The highest BCUT2D eigenvalue weighted by Gasteiger charge is 2.09. The smallest absolute Gasteiger partial charge is 0.129 e. The van der Waals surface area contributed by atoms with Gasteiger partial charge in [-0.05, 0) is 31.7 Å². The summed E-state index contributed by atoms with van der Waals surface area (Å²) in [6, 6.07) is 6.19. The van der Waals surface area contributed by atoms with Gasteiger partial charge in [0.05, 0.1) is 12.5 Å². The van der Waals surface area contributed by atoms with Crippen LogP contribution in [0.3, 0.4) is 0 Å². The van der Waals surface area contributed by atoms with Crippen LogP contribution in [0.15, 0.2) is 18.3 Å². The van der Waals surface area contributed by atoms with Crippen LogP contribution in [0.25, 0.3) is 0 Å². The first-order chi connectivity index (χ1) is 7.13. The molecule has 0 fully saturated rings. The molecule has 0 saturated carbocycles. The van der Waals surface area contributed by atoms with Crippen LogP contribution >= 0.6 is 11.6 Å². The standard InChI is InChI=1S/C11H14ClN3/c1-9(3-5-13)15(2)8-10-4-6-14-11(12)7-10/h4,6-7,9H,3,8H2,1-2H3. The zero-order valence-electron chi connectivity index (χ0n) is 8.94. The maximum Gasteiger partial charge on any atom is 0.129 e. The van der Waals surface area contributed by atoms with Gasteiger partial charge < -0.3 is 0 Å². The Balaban J connectivity index is 2.58. The van der Waals surface area contributed by atoms with E-state index in [1.807, 2.05) is 26.1 Å². The van der Waals surface area contributed by atoms with E-state index in [-0.39, 0.29) is 6.04 Å². The Morgan fingerprint density at radius 1 is 1.67 bits per heavy atom. The Labute approximate surface area is 95.3 Å². The van der Waals surface area contributed by atoms with E-state index in [9.17, 15) is 0 Å². The molecule has 4 heteroatoms. The molecule has 0 radical (unpaired) electrons. The normalized spacial score (nSPS) is 12.5. The fourth-order valence-corrected chi connectivity index (χ4v) is 1.47. The van der Waals surface area contributed by atoms with Crippen LogP contribution in [0.2, 0.25) is 5.15 Å². The van der Waals surface area contributed by atoms with E-state index >= 15 is 0 Å². The quantitative estimate of drug-likeness (QED) is 0.737. The maximum absolute atomic E-state index is 8.59. The van der Waals surface area contributed by atoms with E-state index in [2.05, 4.69) is 16.0 Å². The molecule has 80 valence electrons. The summed E-state index contributed by atoms with van der Waals surface area (Å²) >= 11 is 5.79. The van der Waals surface area contributed by atoms with Gasteiger partial charge in [-0.2, -0.15) is 5.26 Å². The summed E-state index contributed by atoms with van der Waals surface area (Å²) in [5.74, 6) is 0. The highest BCUT2D eigenvalue weighted by molar-refractivity contribution is 6.29. The van der Waals surface area contributed by atoms with Crippen LogP contribution in [-0.2, 0) is 6.54 Å². The topological polar surface area (TPSA) is 39.9 Å². The minimum absolute atomic E-state index is 0.252. The fourth-order valence-electron chi connectivity index (χ4n) is 1.27. The van der Waals surface area contributed by atoms with Gasteiger partial charge in [-0.15, -0.1) is 0 Å². The highest BCUT2D eigenvalue weighted by atomic mass is 35.5. The van der Waals surface area contributed by atoms with Crippen LogP contribution < -0.4 is 0 Å². The average Bonchev–Trinajstić information content (AvgIpc) is 2.18. The van der Waals surface area contributed by atoms with E-state index < -0.39 is 0 Å². The minimum atomic E-state index is 0.252. The molecule has 0 aliphatic rings. The lowest BCUT2D eigenvalue weighted by molar-refractivity contribution is 0.252. The number of hydrogen-bond donors (Lipinski definition) is 0. The van der Waals surface area contributed by atoms with Gasteiger partial charge in [0.15, 0.2) is 0 Å². The molecule has 0 aliphatic heterocycles. The summed E-state index contributed by atoms with van der Waals surface area (Å²) in [4.78, 5) is 6.04. The van der Waals surface area contributed by atoms with Crippen molar-refractivity contribution in [3.05, 3.63) is 29.0 Å². The minimum Gasteiger partial charge on any atom is -0.298 e. The van der Waals surface area contributed by atoms with E-state index in [1.54, 1.807) is 6.20 Å². The Morgan fingerprint density at radius 2 is 2.40 bits per heavy atom. The molecule has 1 rings (SSSR count). The lowest BCUT2D eigenvalue weighted by Crippen LogP contribution is -2.28. The van der Waals surface area contributed by atoms with Crippen molar-refractivity contribution < 1.29 is 0 Å². The van der Waals surface area contributed by atoms with Crippen molar-refractivity contribution in [3.63, 3.8) is 0 Å². The van der Waals surface area contributed by atoms with E-state index in [0.717, 1.165) is 12.1 Å². The third-order valence-corrected chi connectivity index (χ3v) is 2.57. The highest BCUT2D eigenvalue weighted by Crippen LogP contribution is 2.11. The summed E-state index contributed by atoms with van der Waals surface area (Å²) in [7, 11) is 2.00. The van der Waals surface area contributed by atoms with Crippen molar-refractivity contribution in [2.75, 3.05) is 7.05 Å². The summed E-state index contributed by atoms with van der Waals surface area (Å²) in [5, 5.41) is 9.10. The average molecular weight is 224 g/mol. The molecule has 1 heterocycles. The first kappa shape index (κ1) is 12.0. The second-order valence-electron chi connectivity index (χ2n) is 3.61. The van der Waals surface area contributed by atoms with Crippen LogP contribution in [0.4, 0.5) is 0 Å². The van der Waals surface area contributed by atoms with Gasteiger partial charge >= 0.3 is 0 Å². The SMILES string of the molecule is CC(CC#N)N(C)Cc1ccnc(Cl)c1. The number of rotatable bonds is 4. The number of halogens is 1. The lowest BCUT2D eigenvalue weighted by atomic mass is 10.2. The van der Waals surface area contributed by atoms with Crippen molar-refractivity contribution in [2.45, 2.75) is 25.9 Å². The molecular formula is C11H14ClN3. The van der Waals surface area contributed by atoms with Crippen molar-refractivity contribution >= 4 is 11.6 Å². The summed E-state index contributed by atoms with van der Waals surface area (Å²) in [6.45, 7) is 2.82. The van der Waals surface area contributed by atoms with Gasteiger partial charge in [-0.25, -0.2) is 4.98 Å². The molecule has 0 bridgehead atoms. The molecule has 1 aromatic rings. The Bertz CT molecular complexity index is 359. The molecule has 1 aromatic heterocycles. The molecule has 3 nitrogen and oxygen atoms in total. The number of nitrogens with zero attached hydrogens (tertiary/aromatic N) is 3. The van der Waals surface area contributed by atoms with E-state index in [0.29, 0.717) is 11.6 Å².